The zero-order valence-corrected chi connectivity index (χ0v) is 26.0. The number of aromatic nitrogens is 1. The van der Waals surface area contributed by atoms with Crippen LogP contribution in [0.2, 0.25) is 0 Å². The average molecular weight is 622 g/mol. The molecule has 1 aromatic heterocycles. The number of hydrogen-bond acceptors (Lipinski definition) is 6. The van der Waals surface area contributed by atoms with E-state index < -0.39 is 46.3 Å². The van der Waals surface area contributed by atoms with Crippen molar-refractivity contribution in [3.8, 4) is 0 Å². The smallest absolute Gasteiger partial charge is 0.417 e. The third-order valence-corrected chi connectivity index (χ3v) is 8.02. The molecule has 44 heavy (non-hydrogen) atoms. The van der Waals surface area contributed by atoms with Crippen LogP contribution in [0.3, 0.4) is 0 Å². The Kier molecular flexibility index (Phi) is 9.20. The highest BCUT2D eigenvalue weighted by Gasteiger charge is 2.37. The number of anilines is 2. The monoisotopic (exact) mass is 621 g/mol. The van der Waals surface area contributed by atoms with Crippen molar-refractivity contribution >= 4 is 28.9 Å². The van der Waals surface area contributed by atoms with Crippen LogP contribution in [0.15, 0.2) is 35.3 Å². The molecule has 240 valence electrons. The van der Waals surface area contributed by atoms with Gasteiger partial charge in [-0.05, 0) is 65.8 Å². The molecule has 2 aromatic rings. The molecule has 1 saturated heterocycles. The first-order chi connectivity index (χ1) is 20.4. The Morgan fingerprint density at radius 3 is 2.20 bits per heavy atom. The van der Waals surface area contributed by atoms with E-state index in [4.69, 9.17) is 4.74 Å². The van der Waals surface area contributed by atoms with E-state index in [-0.39, 0.29) is 36.4 Å². The first-order valence-electron chi connectivity index (χ1n) is 14.4. The minimum Gasteiger partial charge on any atom is -0.444 e. The molecule has 4 rings (SSSR count). The van der Waals surface area contributed by atoms with Gasteiger partial charge >= 0.3 is 12.3 Å². The summed E-state index contributed by atoms with van der Waals surface area (Å²) in [6.07, 6.45) is -2.60. The second-order valence-corrected chi connectivity index (χ2v) is 12.5. The lowest BCUT2D eigenvalue weighted by Gasteiger charge is -2.44. The summed E-state index contributed by atoms with van der Waals surface area (Å²) in [5.74, 6) is -1.65. The zero-order chi connectivity index (χ0) is 32.7. The van der Waals surface area contributed by atoms with E-state index in [1.807, 2.05) is 25.8 Å². The highest BCUT2D eigenvalue weighted by molar-refractivity contribution is 6.07. The molecule has 0 unspecified atom stereocenters. The summed E-state index contributed by atoms with van der Waals surface area (Å²) >= 11 is 0. The largest absolute Gasteiger partial charge is 0.444 e. The number of nitrogens with zero attached hydrogens (tertiary/aromatic N) is 4. The fourth-order valence-corrected chi connectivity index (χ4v) is 5.41. The Balaban J connectivity index is 1.74. The molecular formula is C31H39F4N5O4. The number of hydrogen-bond donors (Lipinski definition) is 1. The van der Waals surface area contributed by atoms with E-state index in [2.05, 4.69) is 10.2 Å². The molecule has 13 heteroatoms. The van der Waals surface area contributed by atoms with Crippen molar-refractivity contribution < 1.29 is 31.9 Å². The van der Waals surface area contributed by atoms with Crippen molar-refractivity contribution in [3.05, 3.63) is 63.3 Å². The van der Waals surface area contributed by atoms with Gasteiger partial charge in [-0.1, -0.05) is 6.08 Å². The van der Waals surface area contributed by atoms with E-state index in [1.165, 1.54) is 24.1 Å². The fourth-order valence-electron chi connectivity index (χ4n) is 5.41. The number of alkyl halides is 3. The van der Waals surface area contributed by atoms with E-state index in [0.29, 0.717) is 36.8 Å². The highest BCUT2D eigenvalue weighted by Crippen LogP contribution is 2.37. The Hall–Kier alpha value is -3.87. The van der Waals surface area contributed by atoms with Crippen LogP contribution in [0.1, 0.15) is 62.5 Å². The van der Waals surface area contributed by atoms with Gasteiger partial charge in [0.15, 0.2) is 0 Å². The summed E-state index contributed by atoms with van der Waals surface area (Å²) in [4.78, 5) is 43.5. The van der Waals surface area contributed by atoms with E-state index in [1.54, 1.807) is 26.8 Å². The summed E-state index contributed by atoms with van der Waals surface area (Å²) in [6.45, 7) is 10.7. The number of aryl methyl sites for hydroxylation is 1. The van der Waals surface area contributed by atoms with Gasteiger partial charge in [0, 0.05) is 63.1 Å². The van der Waals surface area contributed by atoms with Gasteiger partial charge < -0.3 is 24.4 Å². The number of pyridine rings is 1. The minimum atomic E-state index is -4.95. The van der Waals surface area contributed by atoms with Gasteiger partial charge in [-0.3, -0.25) is 14.5 Å². The Bertz CT molecular complexity index is 1520. The van der Waals surface area contributed by atoms with E-state index in [9.17, 15) is 27.6 Å². The quantitative estimate of drug-likeness (QED) is 0.464. The van der Waals surface area contributed by atoms with Gasteiger partial charge in [0.05, 0.1) is 22.5 Å². The van der Waals surface area contributed by atoms with Crippen LogP contribution in [-0.4, -0.2) is 77.3 Å². The van der Waals surface area contributed by atoms with Crippen LogP contribution in [0.25, 0.3) is 5.57 Å². The second-order valence-electron chi connectivity index (χ2n) is 12.5. The van der Waals surface area contributed by atoms with Crippen LogP contribution in [0, 0.1) is 5.82 Å². The molecule has 0 aliphatic carbocycles. The maximum absolute atomic E-state index is 15.8. The number of rotatable bonds is 4. The van der Waals surface area contributed by atoms with Gasteiger partial charge in [0.25, 0.3) is 11.5 Å². The number of piperazine rings is 1. The van der Waals surface area contributed by atoms with Crippen molar-refractivity contribution in [3.63, 3.8) is 0 Å². The lowest BCUT2D eigenvalue weighted by Crippen LogP contribution is -2.55. The number of benzene rings is 1. The number of carbonyl (C=O) groups excluding carboxylic acids is 2. The molecule has 0 radical (unpaired) electrons. The molecule has 2 atom stereocenters. The standard InChI is InChI=1S/C31H39F4N5O4/c1-18-15-40(16-19(2)38(18)7)26-14-24(32)21(20-8-10-39(11-9-20)29(43)44-30(3,4)5)12-25(26)36-28(42)22-17-37(6)27(41)13-23(22)31(33,34)35/h8,12-14,17-19H,9-11,15-16H2,1-7H3,(H,36,42)/t18-,19+. The molecule has 2 aliphatic rings. The lowest BCUT2D eigenvalue weighted by molar-refractivity contribution is -0.138. The van der Waals surface area contributed by atoms with Crippen LogP contribution >= 0.6 is 0 Å². The predicted molar refractivity (Wildman–Crippen MR) is 160 cm³/mol. The summed E-state index contributed by atoms with van der Waals surface area (Å²) in [6, 6.07) is 3.26. The van der Waals surface area contributed by atoms with Gasteiger partial charge in [0.1, 0.15) is 11.4 Å². The number of carbonyl (C=O) groups is 2. The van der Waals surface area contributed by atoms with Gasteiger partial charge in [-0.25, -0.2) is 9.18 Å². The third-order valence-electron chi connectivity index (χ3n) is 8.02. The van der Waals surface area contributed by atoms with E-state index >= 15 is 4.39 Å². The highest BCUT2D eigenvalue weighted by atomic mass is 19.4. The number of likely N-dealkylation sites (N-methyl/N-ethyl adjacent to an activating group) is 1. The van der Waals surface area contributed by atoms with Crippen molar-refractivity contribution in [1.29, 1.82) is 0 Å². The minimum absolute atomic E-state index is 0.0745. The SMILES string of the molecule is C[C@@H]1CN(c2cc(F)c(C3=CCN(C(=O)OC(C)(C)C)CC3)cc2NC(=O)c2cn(C)c(=O)cc2C(F)(F)F)C[C@H](C)N1C. The summed E-state index contributed by atoms with van der Waals surface area (Å²) < 4.78 is 63.7. The molecule has 1 fully saturated rings. The first-order valence-corrected chi connectivity index (χ1v) is 14.4. The molecule has 2 amide bonds. The molecule has 3 heterocycles. The second kappa shape index (κ2) is 12.3. The van der Waals surface area contributed by atoms with Crippen molar-refractivity contribution in [1.82, 2.24) is 14.4 Å². The molecule has 1 aromatic carbocycles. The average Bonchev–Trinajstić information content (AvgIpc) is 2.92. The summed E-state index contributed by atoms with van der Waals surface area (Å²) in [7, 11) is 3.23. The van der Waals surface area contributed by atoms with Crippen LogP contribution < -0.4 is 15.8 Å². The fraction of sp³-hybridized carbons (Fsp3) is 0.516. The third kappa shape index (κ3) is 7.25. The summed E-state index contributed by atoms with van der Waals surface area (Å²) in [5.41, 5.74) is -2.47. The van der Waals surface area contributed by atoms with Crippen molar-refractivity contribution in [2.45, 2.75) is 64.9 Å². The molecular weight excluding hydrogens is 582 g/mol. The maximum atomic E-state index is 15.8. The van der Waals surface area contributed by atoms with Gasteiger partial charge in [0.2, 0.25) is 0 Å². The van der Waals surface area contributed by atoms with Crippen LogP contribution in [0.4, 0.5) is 33.7 Å². The Morgan fingerprint density at radius 1 is 1.02 bits per heavy atom. The van der Waals surface area contributed by atoms with Crippen molar-refractivity contribution in [2.75, 3.05) is 43.4 Å². The number of amides is 2. The summed E-state index contributed by atoms with van der Waals surface area (Å²) in [5, 5.41) is 2.60. The molecule has 0 saturated carbocycles. The maximum Gasteiger partial charge on any atom is 0.417 e. The van der Waals surface area contributed by atoms with Gasteiger partial charge in [-0.15, -0.1) is 0 Å². The first kappa shape index (κ1) is 33.0. The number of halogens is 4. The Morgan fingerprint density at radius 2 is 1.66 bits per heavy atom. The van der Waals surface area contributed by atoms with Gasteiger partial charge in [-0.2, -0.15) is 13.2 Å². The number of nitrogens with one attached hydrogen (secondary N) is 1. The lowest BCUT2D eigenvalue weighted by atomic mass is 9.97. The molecule has 0 bridgehead atoms. The predicted octanol–water partition coefficient (Wildman–Crippen LogP) is 5.35. The topological polar surface area (TPSA) is 87.1 Å². The number of ether oxygens (including phenoxy) is 1. The van der Waals surface area contributed by atoms with Crippen LogP contribution in [-0.2, 0) is 18.0 Å². The van der Waals surface area contributed by atoms with Crippen molar-refractivity contribution in [2.24, 2.45) is 7.05 Å². The zero-order valence-electron chi connectivity index (χ0n) is 26.0. The normalized spacial score (nSPS) is 19.9. The molecule has 0 spiro atoms. The molecule has 9 nitrogen and oxygen atoms in total. The molecule has 2 aliphatic heterocycles. The Labute approximate surface area is 254 Å². The van der Waals surface area contributed by atoms with E-state index in [0.717, 1.165) is 10.8 Å². The van der Waals surface area contributed by atoms with Crippen LogP contribution in [0.5, 0.6) is 0 Å². The molecule has 1 N–H and O–H groups in total.